The number of hydrogen-bond acceptors (Lipinski definition) is 6. The minimum absolute atomic E-state index is 0.213. The van der Waals surface area contributed by atoms with Crippen LogP contribution in [0.15, 0.2) is 30.7 Å². The average Bonchev–Trinajstić information content (AvgIpc) is 3.44. The molecule has 6 heteroatoms. The predicted octanol–water partition coefficient (Wildman–Crippen LogP) is 3.23. The van der Waals surface area contributed by atoms with Crippen LogP contribution < -0.4 is 5.32 Å². The van der Waals surface area contributed by atoms with Gasteiger partial charge in [-0.2, -0.15) is 0 Å². The quantitative estimate of drug-likeness (QED) is 0.867. The summed E-state index contributed by atoms with van der Waals surface area (Å²) in [5.74, 6) is 0.612. The molecule has 0 amide bonds. The Bertz CT molecular complexity index is 802. The zero-order valence-corrected chi connectivity index (χ0v) is 15.6. The van der Waals surface area contributed by atoms with Crippen LogP contribution in [-0.2, 0) is 6.42 Å². The van der Waals surface area contributed by atoms with Crippen LogP contribution >= 0.6 is 0 Å². The molecule has 1 aliphatic heterocycles. The van der Waals surface area contributed by atoms with E-state index < -0.39 is 6.23 Å². The SMILES string of the molecule is OC(c1cnc(NC2CCc3ncccc32)nc1)N1CCC2(CCCC2)C1. The van der Waals surface area contributed by atoms with Gasteiger partial charge in [0, 0.05) is 42.9 Å². The molecule has 0 radical (unpaired) electrons. The predicted molar refractivity (Wildman–Crippen MR) is 103 cm³/mol. The first-order valence-corrected chi connectivity index (χ1v) is 10.2. The highest BCUT2D eigenvalue weighted by molar-refractivity contribution is 5.37. The number of hydrogen-bond donors (Lipinski definition) is 2. The van der Waals surface area contributed by atoms with E-state index in [2.05, 4.69) is 31.2 Å². The number of nitrogens with zero attached hydrogens (tertiary/aromatic N) is 4. The molecule has 3 heterocycles. The van der Waals surface area contributed by atoms with Gasteiger partial charge in [0.1, 0.15) is 6.23 Å². The van der Waals surface area contributed by atoms with Crippen LogP contribution in [0.2, 0.25) is 0 Å². The van der Waals surface area contributed by atoms with Crippen LogP contribution in [-0.4, -0.2) is 38.0 Å². The Hall–Kier alpha value is -2.05. The summed E-state index contributed by atoms with van der Waals surface area (Å²) < 4.78 is 0. The molecule has 3 aliphatic rings. The molecule has 5 rings (SSSR count). The molecule has 1 saturated carbocycles. The lowest BCUT2D eigenvalue weighted by atomic mass is 9.86. The summed E-state index contributed by atoms with van der Waals surface area (Å²) >= 11 is 0. The second-order valence-electron chi connectivity index (χ2n) is 8.42. The Labute approximate surface area is 160 Å². The molecule has 27 heavy (non-hydrogen) atoms. The van der Waals surface area contributed by atoms with E-state index in [9.17, 15) is 5.11 Å². The first kappa shape index (κ1) is 17.1. The normalized spacial score (nSPS) is 25.0. The van der Waals surface area contributed by atoms with Crippen molar-refractivity contribution in [2.24, 2.45) is 5.41 Å². The van der Waals surface area contributed by atoms with E-state index in [1.165, 1.54) is 37.7 Å². The van der Waals surface area contributed by atoms with Gasteiger partial charge in [0.2, 0.25) is 5.95 Å². The Morgan fingerprint density at radius 3 is 2.78 bits per heavy atom. The topological polar surface area (TPSA) is 74.2 Å². The molecule has 6 nitrogen and oxygen atoms in total. The number of fused-ring (bicyclic) bond motifs is 1. The molecule has 2 aliphatic carbocycles. The van der Waals surface area contributed by atoms with Crippen molar-refractivity contribution in [2.45, 2.75) is 57.2 Å². The summed E-state index contributed by atoms with van der Waals surface area (Å²) in [7, 11) is 0. The maximum Gasteiger partial charge on any atom is 0.223 e. The van der Waals surface area contributed by atoms with Crippen molar-refractivity contribution in [1.29, 1.82) is 0 Å². The van der Waals surface area contributed by atoms with Crippen LogP contribution in [0, 0.1) is 5.41 Å². The van der Waals surface area contributed by atoms with Crippen LogP contribution in [0.4, 0.5) is 5.95 Å². The molecule has 0 bridgehead atoms. The van der Waals surface area contributed by atoms with Crippen molar-refractivity contribution in [3.05, 3.63) is 47.5 Å². The molecule has 2 fully saturated rings. The fourth-order valence-corrected chi connectivity index (χ4v) is 5.19. The smallest absolute Gasteiger partial charge is 0.223 e. The molecule has 2 N–H and O–H groups in total. The maximum absolute atomic E-state index is 10.8. The Morgan fingerprint density at radius 1 is 1.15 bits per heavy atom. The standard InChI is InChI=1S/C21H27N5O/c27-19(26-11-9-21(14-26)7-1-2-8-21)15-12-23-20(24-13-15)25-18-6-5-17-16(18)4-3-10-22-17/h3-4,10,12-13,18-19,27H,1-2,5-9,11,14H2,(H,23,24,25). The Balaban J connectivity index is 1.24. The average molecular weight is 365 g/mol. The molecule has 1 spiro atoms. The highest BCUT2D eigenvalue weighted by Crippen LogP contribution is 2.46. The van der Waals surface area contributed by atoms with Gasteiger partial charge in [-0.15, -0.1) is 0 Å². The molecule has 142 valence electrons. The van der Waals surface area contributed by atoms with Gasteiger partial charge in [0.15, 0.2) is 0 Å². The molecule has 2 aromatic rings. The van der Waals surface area contributed by atoms with Crippen molar-refractivity contribution in [3.63, 3.8) is 0 Å². The van der Waals surface area contributed by atoms with Gasteiger partial charge in [-0.1, -0.05) is 18.9 Å². The zero-order chi connectivity index (χ0) is 18.3. The number of pyridine rings is 1. The van der Waals surface area contributed by atoms with Crippen LogP contribution in [0.1, 0.15) is 67.6 Å². The third kappa shape index (κ3) is 3.21. The summed E-state index contributed by atoms with van der Waals surface area (Å²) in [6.45, 7) is 1.97. The number of aromatic nitrogens is 3. The molecule has 2 atom stereocenters. The lowest BCUT2D eigenvalue weighted by Gasteiger charge is -2.26. The lowest BCUT2D eigenvalue weighted by Crippen LogP contribution is -2.29. The van der Waals surface area contributed by atoms with Crippen molar-refractivity contribution in [2.75, 3.05) is 18.4 Å². The Morgan fingerprint density at radius 2 is 1.96 bits per heavy atom. The zero-order valence-electron chi connectivity index (χ0n) is 15.6. The number of aliphatic hydroxyl groups is 1. The molecule has 1 saturated heterocycles. The minimum Gasteiger partial charge on any atom is -0.374 e. The van der Waals surface area contributed by atoms with Crippen molar-refractivity contribution >= 4 is 5.95 Å². The minimum atomic E-state index is -0.601. The number of aliphatic hydroxyl groups excluding tert-OH is 1. The summed E-state index contributed by atoms with van der Waals surface area (Å²) in [6.07, 6.45) is 13.3. The molecule has 2 unspecified atom stereocenters. The van der Waals surface area contributed by atoms with Gasteiger partial charge in [0.05, 0.1) is 6.04 Å². The third-order valence-electron chi connectivity index (χ3n) is 6.72. The summed E-state index contributed by atoms with van der Waals surface area (Å²) in [6, 6.07) is 4.31. The van der Waals surface area contributed by atoms with Crippen molar-refractivity contribution in [1.82, 2.24) is 19.9 Å². The van der Waals surface area contributed by atoms with Gasteiger partial charge in [-0.05, 0) is 49.1 Å². The summed E-state index contributed by atoms with van der Waals surface area (Å²) in [4.78, 5) is 15.6. The monoisotopic (exact) mass is 365 g/mol. The van der Waals surface area contributed by atoms with E-state index in [4.69, 9.17) is 0 Å². The molecule has 0 aromatic carbocycles. The lowest BCUT2D eigenvalue weighted by molar-refractivity contribution is 0.0104. The van der Waals surface area contributed by atoms with Crippen molar-refractivity contribution in [3.8, 4) is 0 Å². The summed E-state index contributed by atoms with van der Waals surface area (Å²) in [5, 5.41) is 14.2. The second-order valence-corrected chi connectivity index (χ2v) is 8.42. The molecular formula is C21H27N5O. The van der Waals surface area contributed by atoms with E-state index in [0.717, 1.165) is 37.2 Å². The highest BCUT2D eigenvalue weighted by atomic mass is 16.3. The first-order valence-electron chi connectivity index (χ1n) is 10.2. The number of rotatable bonds is 4. The number of likely N-dealkylation sites (tertiary alicyclic amines) is 1. The second kappa shape index (κ2) is 6.84. The first-order chi connectivity index (χ1) is 13.2. The van der Waals surface area contributed by atoms with Crippen molar-refractivity contribution < 1.29 is 5.11 Å². The van der Waals surface area contributed by atoms with Gasteiger partial charge in [-0.25, -0.2) is 9.97 Å². The van der Waals surface area contributed by atoms with Crippen LogP contribution in [0.5, 0.6) is 0 Å². The highest BCUT2D eigenvalue weighted by Gasteiger charge is 2.42. The van der Waals surface area contributed by atoms with Gasteiger partial charge >= 0.3 is 0 Å². The van der Waals surface area contributed by atoms with E-state index >= 15 is 0 Å². The van der Waals surface area contributed by atoms with E-state index in [1.54, 1.807) is 12.4 Å². The maximum atomic E-state index is 10.8. The fourth-order valence-electron chi connectivity index (χ4n) is 5.19. The van der Waals surface area contributed by atoms with Crippen LogP contribution in [0.25, 0.3) is 0 Å². The molecular weight excluding hydrogens is 338 g/mol. The third-order valence-corrected chi connectivity index (χ3v) is 6.72. The van der Waals surface area contributed by atoms with Gasteiger partial charge < -0.3 is 10.4 Å². The molecule has 2 aromatic heterocycles. The number of aryl methyl sites for hydroxylation is 1. The Kier molecular flexibility index (Phi) is 4.32. The number of nitrogens with one attached hydrogen (secondary N) is 1. The van der Waals surface area contributed by atoms with E-state index in [-0.39, 0.29) is 6.04 Å². The van der Waals surface area contributed by atoms with Gasteiger partial charge in [-0.3, -0.25) is 9.88 Å². The fraction of sp³-hybridized carbons (Fsp3) is 0.571. The van der Waals surface area contributed by atoms with E-state index in [1.807, 2.05) is 12.3 Å². The van der Waals surface area contributed by atoms with E-state index in [0.29, 0.717) is 11.4 Å². The number of anilines is 1. The van der Waals surface area contributed by atoms with Crippen LogP contribution in [0.3, 0.4) is 0 Å². The van der Waals surface area contributed by atoms with Gasteiger partial charge in [0.25, 0.3) is 0 Å². The largest absolute Gasteiger partial charge is 0.374 e. The summed E-state index contributed by atoms with van der Waals surface area (Å²) in [5.41, 5.74) is 3.64.